The molecule has 2 rings (SSSR count). The molecule has 2 aromatic carbocycles. The summed E-state index contributed by atoms with van der Waals surface area (Å²) in [6.45, 7) is 3.75. The number of rotatable bonds is 6. The van der Waals surface area contributed by atoms with Crippen molar-refractivity contribution in [2.45, 2.75) is 26.3 Å². The molecule has 0 aliphatic rings. The Kier molecular flexibility index (Phi) is 7.48. The molecule has 1 atom stereocenters. The maximum absolute atomic E-state index is 12.1. The van der Waals surface area contributed by atoms with E-state index >= 15 is 0 Å². The Morgan fingerprint density at radius 3 is 2.62 bits per heavy atom. The molecular formula is C19H21BrClN3O2. The summed E-state index contributed by atoms with van der Waals surface area (Å²) in [6.07, 6.45) is 0.706. The molecule has 0 aliphatic heterocycles. The monoisotopic (exact) mass is 437 g/mol. The highest BCUT2D eigenvalue weighted by atomic mass is 79.9. The van der Waals surface area contributed by atoms with Gasteiger partial charge in [-0.2, -0.15) is 0 Å². The van der Waals surface area contributed by atoms with Crippen molar-refractivity contribution in [1.29, 1.82) is 0 Å². The second kappa shape index (κ2) is 9.59. The van der Waals surface area contributed by atoms with Crippen molar-refractivity contribution < 1.29 is 9.59 Å². The van der Waals surface area contributed by atoms with Gasteiger partial charge in [-0.1, -0.05) is 46.6 Å². The minimum Gasteiger partial charge on any atom is -0.331 e. The molecule has 0 heterocycles. The van der Waals surface area contributed by atoms with Crippen LogP contribution in [0.25, 0.3) is 0 Å². The molecule has 0 saturated carbocycles. The molecule has 138 valence electrons. The fourth-order valence-electron chi connectivity index (χ4n) is 2.48. The van der Waals surface area contributed by atoms with Gasteiger partial charge in [-0.15, -0.1) is 0 Å². The lowest BCUT2D eigenvalue weighted by Gasteiger charge is -2.18. The Morgan fingerprint density at radius 1 is 1.19 bits per heavy atom. The van der Waals surface area contributed by atoms with E-state index in [1.165, 1.54) is 0 Å². The molecule has 5 nitrogen and oxygen atoms in total. The third-order valence-corrected chi connectivity index (χ3v) is 4.57. The highest BCUT2D eigenvalue weighted by Crippen LogP contribution is 2.21. The Labute approximate surface area is 166 Å². The van der Waals surface area contributed by atoms with Gasteiger partial charge >= 0.3 is 6.03 Å². The number of anilines is 1. The first-order valence-electron chi connectivity index (χ1n) is 8.25. The summed E-state index contributed by atoms with van der Waals surface area (Å²) in [4.78, 5) is 24.1. The number of amides is 3. The van der Waals surface area contributed by atoms with E-state index in [1.807, 2.05) is 50.2 Å². The van der Waals surface area contributed by atoms with Crippen molar-refractivity contribution in [2.75, 3.05) is 11.9 Å². The number of benzene rings is 2. The average Bonchev–Trinajstić information content (AvgIpc) is 2.60. The molecule has 0 saturated heterocycles. The molecular weight excluding hydrogens is 418 g/mol. The van der Waals surface area contributed by atoms with Crippen LogP contribution in [0.15, 0.2) is 46.9 Å². The zero-order chi connectivity index (χ0) is 19.1. The summed E-state index contributed by atoms with van der Waals surface area (Å²) < 4.78 is 0.942. The zero-order valence-corrected chi connectivity index (χ0v) is 16.9. The molecule has 0 aromatic heterocycles. The fraction of sp³-hybridized carbons (Fsp3) is 0.263. The molecule has 2 aromatic rings. The van der Waals surface area contributed by atoms with Crippen LogP contribution in [0.4, 0.5) is 10.5 Å². The van der Waals surface area contributed by atoms with E-state index < -0.39 is 6.03 Å². The van der Waals surface area contributed by atoms with Crippen LogP contribution in [-0.2, 0) is 4.79 Å². The minimum absolute atomic E-state index is 0.118. The van der Waals surface area contributed by atoms with Gasteiger partial charge in [0, 0.05) is 15.2 Å². The summed E-state index contributed by atoms with van der Waals surface area (Å²) in [5, 5.41) is 8.83. The first-order chi connectivity index (χ1) is 12.4. The number of urea groups is 1. The van der Waals surface area contributed by atoms with Gasteiger partial charge in [0.25, 0.3) is 0 Å². The van der Waals surface area contributed by atoms with E-state index in [0.29, 0.717) is 17.1 Å². The normalized spacial score (nSPS) is 11.5. The molecule has 0 fully saturated rings. The number of aryl methyl sites for hydroxylation is 1. The van der Waals surface area contributed by atoms with Gasteiger partial charge in [0.2, 0.25) is 5.91 Å². The number of hydrogen-bond acceptors (Lipinski definition) is 2. The van der Waals surface area contributed by atoms with E-state index in [0.717, 1.165) is 15.6 Å². The molecule has 3 amide bonds. The number of halogens is 2. The molecule has 0 radical (unpaired) electrons. The maximum atomic E-state index is 12.1. The van der Waals surface area contributed by atoms with Crippen LogP contribution in [0.3, 0.4) is 0 Å². The summed E-state index contributed by atoms with van der Waals surface area (Å²) in [7, 11) is 0. The van der Waals surface area contributed by atoms with E-state index in [1.54, 1.807) is 6.07 Å². The summed E-state index contributed by atoms with van der Waals surface area (Å²) in [5.74, 6) is -0.290. The zero-order valence-electron chi connectivity index (χ0n) is 14.6. The Bertz CT molecular complexity index is 798. The van der Waals surface area contributed by atoms with Gasteiger partial charge in [0.05, 0.1) is 12.6 Å². The Balaban J connectivity index is 1.86. The van der Waals surface area contributed by atoms with E-state index in [-0.39, 0.29) is 18.5 Å². The third-order valence-electron chi connectivity index (χ3n) is 3.84. The van der Waals surface area contributed by atoms with Crippen LogP contribution in [0, 0.1) is 6.92 Å². The molecule has 1 unspecified atom stereocenters. The predicted molar refractivity (Wildman–Crippen MR) is 109 cm³/mol. The summed E-state index contributed by atoms with van der Waals surface area (Å²) in [6, 6.07) is 12.3. The van der Waals surface area contributed by atoms with Crippen LogP contribution >= 0.6 is 27.5 Å². The molecule has 0 spiro atoms. The van der Waals surface area contributed by atoms with Crippen molar-refractivity contribution in [1.82, 2.24) is 10.6 Å². The standard InChI is InChI=1S/C19H21BrClN3O2/c1-3-16(13-5-4-6-15(21)10-13)24-19(26)22-11-18(25)23-17-8-7-14(20)9-12(17)2/h4-10,16H,3,11H2,1-2H3,(H,23,25)(H2,22,24,26). The van der Waals surface area contributed by atoms with Gasteiger partial charge in [0.15, 0.2) is 0 Å². The Hall–Kier alpha value is -2.05. The number of hydrogen-bond donors (Lipinski definition) is 3. The van der Waals surface area contributed by atoms with Gasteiger partial charge in [-0.3, -0.25) is 4.79 Å². The van der Waals surface area contributed by atoms with Crippen molar-refractivity contribution in [3.05, 3.63) is 63.1 Å². The smallest absolute Gasteiger partial charge is 0.315 e. The van der Waals surface area contributed by atoms with Crippen molar-refractivity contribution in [2.24, 2.45) is 0 Å². The van der Waals surface area contributed by atoms with Gasteiger partial charge in [0.1, 0.15) is 0 Å². The first-order valence-corrected chi connectivity index (χ1v) is 9.42. The lowest BCUT2D eigenvalue weighted by molar-refractivity contribution is -0.115. The summed E-state index contributed by atoms with van der Waals surface area (Å²) in [5.41, 5.74) is 2.57. The average molecular weight is 439 g/mol. The maximum Gasteiger partial charge on any atom is 0.315 e. The molecule has 3 N–H and O–H groups in total. The van der Waals surface area contributed by atoms with E-state index in [4.69, 9.17) is 11.6 Å². The van der Waals surface area contributed by atoms with Crippen molar-refractivity contribution >= 4 is 45.2 Å². The van der Waals surface area contributed by atoms with Crippen LogP contribution in [0.2, 0.25) is 5.02 Å². The quantitative estimate of drug-likeness (QED) is 0.606. The Morgan fingerprint density at radius 2 is 1.96 bits per heavy atom. The van der Waals surface area contributed by atoms with Crippen molar-refractivity contribution in [3.8, 4) is 0 Å². The lowest BCUT2D eigenvalue weighted by atomic mass is 10.1. The lowest BCUT2D eigenvalue weighted by Crippen LogP contribution is -2.41. The minimum atomic E-state index is -0.403. The number of nitrogens with one attached hydrogen (secondary N) is 3. The number of carbonyl (C=O) groups is 2. The second-order valence-corrected chi connectivity index (χ2v) is 7.20. The second-order valence-electron chi connectivity index (χ2n) is 5.85. The fourth-order valence-corrected chi connectivity index (χ4v) is 3.15. The topological polar surface area (TPSA) is 70.2 Å². The highest BCUT2D eigenvalue weighted by molar-refractivity contribution is 9.10. The van der Waals surface area contributed by atoms with Gasteiger partial charge < -0.3 is 16.0 Å². The SMILES string of the molecule is CCC(NC(=O)NCC(=O)Nc1ccc(Br)cc1C)c1cccc(Cl)c1. The van der Waals surface area contributed by atoms with E-state index in [9.17, 15) is 9.59 Å². The van der Waals surface area contributed by atoms with Gasteiger partial charge in [-0.25, -0.2) is 4.79 Å². The molecule has 7 heteroatoms. The summed E-state index contributed by atoms with van der Waals surface area (Å²) >= 11 is 9.38. The first kappa shape index (κ1) is 20.3. The third kappa shape index (κ3) is 6.04. The molecule has 26 heavy (non-hydrogen) atoms. The largest absolute Gasteiger partial charge is 0.331 e. The van der Waals surface area contributed by atoms with Crippen LogP contribution in [0.5, 0.6) is 0 Å². The highest BCUT2D eigenvalue weighted by Gasteiger charge is 2.14. The van der Waals surface area contributed by atoms with Crippen LogP contribution in [0.1, 0.15) is 30.5 Å². The molecule has 0 aliphatic carbocycles. The van der Waals surface area contributed by atoms with E-state index in [2.05, 4.69) is 31.9 Å². The molecule has 0 bridgehead atoms. The van der Waals surface area contributed by atoms with Gasteiger partial charge in [-0.05, 0) is 54.8 Å². The predicted octanol–water partition coefficient (Wildman–Crippen LogP) is 4.80. The van der Waals surface area contributed by atoms with Crippen LogP contribution in [-0.4, -0.2) is 18.5 Å². The van der Waals surface area contributed by atoms with Crippen LogP contribution < -0.4 is 16.0 Å². The number of carbonyl (C=O) groups excluding carboxylic acids is 2. The van der Waals surface area contributed by atoms with Crippen molar-refractivity contribution in [3.63, 3.8) is 0 Å².